The lowest BCUT2D eigenvalue weighted by molar-refractivity contribution is -0.0587. The minimum Gasteiger partial charge on any atom is -0.508 e. The number of phenols is 1. The molecule has 0 saturated heterocycles. The zero-order valence-electron chi connectivity index (χ0n) is 8.62. The zero-order valence-corrected chi connectivity index (χ0v) is 8.62. The van der Waals surface area contributed by atoms with E-state index < -0.39 is 24.3 Å². The van der Waals surface area contributed by atoms with Crippen molar-refractivity contribution in [3.63, 3.8) is 0 Å². The molecule has 0 fully saturated rings. The first kappa shape index (κ1) is 10.9. The molecule has 0 spiro atoms. The van der Waals surface area contributed by atoms with Crippen molar-refractivity contribution >= 4 is 5.97 Å². The number of aliphatic hydroxyl groups excluding tert-OH is 2. The standard InChI is InChI=1S/C11H12O5/c1-5(12)9(14)10-7-3-2-6(13)4-8(7)11(15)16-10/h2-5,9-10,12-14H,1H3. The number of carbonyl (C=O) groups excluding carboxylic acids is 1. The van der Waals surface area contributed by atoms with E-state index in [-0.39, 0.29) is 11.3 Å². The van der Waals surface area contributed by atoms with E-state index in [1.807, 2.05) is 0 Å². The highest BCUT2D eigenvalue weighted by molar-refractivity contribution is 5.94. The minimum absolute atomic E-state index is 0.0390. The Morgan fingerprint density at radius 2 is 2.06 bits per heavy atom. The molecule has 1 aliphatic heterocycles. The Bertz CT molecular complexity index is 426. The molecular weight excluding hydrogens is 212 g/mol. The minimum atomic E-state index is -1.17. The lowest BCUT2D eigenvalue weighted by atomic mass is 9.99. The number of esters is 1. The van der Waals surface area contributed by atoms with Crippen LogP contribution in [0.5, 0.6) is 5.75 Å². The highest BCUT2D eigenvalue weighted by atomic mass is 16.6. The van der Waals surface area contributed by atoms with Crippen molar-refractivity contribution in [3.05, 3.63) is 29.3 Å². The first-order valence-electron chi connectivity index (χ1n) is 4.90. The molecule has 0 aliphatic carbocycles. The SMILES string of the molecule is CC(O)C(O)C1OC(=O)c2cc(O)ccc21. The molecule has 16 heavy (non-hydrogen) atoms. The van der Waals surface area contributed by atoms with Crippen LogP contribution < -0.4 is 0 Å². The van der Waals surface area contributed by atoms with Crippen molar-refractivity contribution in [1.29, 1.82) is 0 Å². The molecule has 2 rings (SSSR count). The summed E-state index contributed by atoms with van der Waals surface area (Å²) in [6.45, 7) is 1.41. The van der Waals surface area contributed by atoms with Crippen LogP contribution in [0, 0.1) is 0 Å². The van der Waals surface area contributed by atoms with Crippen LogP contribution in [-0.2, 0) is 4.74 Å². The molecule has 1 heterocycles. The number of benzene rings is 1. The van der Waals surface area contributed by atoms with E-state index in [2.05, 4.69) is 0 Å². The summed E-state index contributed by atoms with van der Waals surface area (Å²) in [6.07, 6.45) is -3.05. The van der Waals surface area contributed by atoms with Crippen LogP contribution in [0.4, 0.5) is 0 Å². The average molecular weight is 224 g/mol. The van der Waals surface area contributed by atoms with E-state index in [1.165, 1.54) is 25.1 Å². The van der Waals surface area contributed by atoms with Gasteiger partial charge in [0.25, 0.3) is 0 Å². The third-order valence-corrected chi connectivity index (χ3v) is 2.60. The predicted molar refractivity (Wildman–Crippen MR) is 54.0 cm³/mol. The van der Waals surface area contributed by atoms with Crippen molar-refractivity contribution < 1.29 is 24.9 Å². The monoisotopic (exact) mass is 224 g/mol. The van der Waals surface area contributed by atoms with Crippen molar-refractivity contribution in [1.82, 2.24) is 0 Å². The second-order valence-corrected chi connectivity index (χ2v) is 3.83. The van der Waals surface area contributed by atoms with Gasteiger partial charge < -0.3 is 20.1 Å². The number of hydrogen-bond acceptors (Lipinski definition) is 5. The highest BCUT2D eigenvalue weighted by Gasteiger charge is 2.37. The van der Waals surface area contributed by atoms with E-state index in [1.54, 1.807) is 0 Å². The molecule has 0 bridgehead atoms. The molecule has 86 valence electrons. The van der Waals surface area contributed by atoms with Gasteiger partial charge in [-0.05, 0) is 19.1 Å². The van der Waals surface area contributed by atoms with Gasteiger partial charge in [0.1, 0.15) is 11.9 Å². The van der Waals surface area contributed by atoms with Gasteiger partial charge in [-0.3, -0.25) is 0 Å². The van der Waals surface area contributed by atoms with Gasteiger partial charge in [0.05, 0.1) is 11.7 Å². The Morgan fingerprint density at radius 1 is 1.38 bits per heavy atom. The predicted octanol–water partition coefficient (Wildman–Crippen LogP) is 0.345. The van der Waals surface area contributed by atoms with E-state index >= 15 is 0 Å². The molecule has 1 aromatic rings. The lowest BCUT2D eigenvalue weighted by Gasteiger charge is -2.20. The molecule has 0 radical (unpaired) electrons. The quantitative estimate of drug-likeness (QED) is 0.631. The van der Waals surface area contributed by atoms with Crippen molar-refractivity contribution in [2.75, 3.05) is 0 Å². The Labute approximate surface area is 91.9 Å². The normalized spacial score (nSPS) is 22.4. The van der Waals surface area contributed by atoms with Crippen LogP contribution in [0.15, 0.2) is 18.2 Å². The topological polar surface area (TPSA) is 87.0 Å². The highest BCUT2D eigenvalue weighted by Crippen LogP contribution is 2.35. The Morgan fingerprint density at radius 3 is 2.69 bits per heavy atom. The summed E-state index contributed by atoms with van der Waals surface area (Å²) < 4.78 is 4.95. The van der Waals surface area contributed by atoms with Gasteiger partial charge in [-0.1, -0.05) is 6.07 Å². The van der Waals surface area contributed by atoms with Gasteiger partial charge in [0.2, 0.25) is 0 Å². The van der Waals surface area contributed by atoms with Gasteiger partial charge in [-0.2, -0.15) is 0 Å². The van der Waals surface area contributed by atoms with Crippen LogP contribution in [0.2, 0.25) is 0 Å². The molecule has 3 atom stereocenters. The van der Waals surface area contributed by atoms with E-state index in [0.717, 1.165) is 0 Å². The summed E-state index contributed by atoms with van der Waals surface area (Å²) in [6, 6.07) is 4.20. The summed E-state index contributed by atoms with van der Waals surface area (Å²) in [5, 5.41) is 28.2. The molecule has 0 amide bonds. The molecule has 5 heteroatoms. The van der Waals surface area contributed by atoms with E-state index in [4.69, 9.17) is 4.74 Å². The summed E-state index contributed by atoms with van der Waals surface area (Å²) >= 11 is 0. The molecule has 1 aromatic carbocycles. The van der Waals surface area contributed by atoms with Crippen molar-refractivity contribution in [3.8, 4) is 5.75 Å². The Kier molecular flexibility index (Phi) is 2.57. The van der Waals surface area contributed by atoms with Crippen LogP contribution in [-0.4, -0.2) is 33.5 Å². The molecule has 3 N–H and O–H groups in total. The maximum atomic E-state index is 11.4. The maximum absolute atomic E-state index is 11.4. The molecule has 1 aliphatic rings. The molecule has 0 saturated carbocycles. The fraction of sp³-hybridized carbons (Fsp3) is 0.364. The van der Waals surface area contributed by atoms with Gasteiger partial charge in [0, 0.05) is 5.56 Å². The lowest BCUT2D eigenvalue weighted by Crippen LogP contribution is -2.29. The first-order chi connectivity index (χ1) is 7.50. The van der Waals surface area contributed by atoms with Crippen molar-refractivity contribution in [2.45, 2.75) is 25.2 Å². The van der Waals surface area contributed by atoms with Gasteiger partial charge in [-0.15, -0.1) is 0 Å². The zero-order chi connectivity index (χ0) is 11.9. The fourth-order valence-electron chi connectivity index (χ4n) is 1.72. The number of carbonyl (C=O) groups is 1. The average Bonchev–Trinajstić information content (AvgIpc) is 2.55. The number of cyclic esters (lactones) is 1. The number of ether oxygens (including phenoxy) is 1. The number of aromatic hydroxyl groups is 1. The van der Waals surface area contributed by atoms with E-state index in [9.17, 15) is 20.1 Å². The van der Waals surface area contributed by atoms with Crippen LogP contribution in [0.3, 0.4) is 0 Å². The third kappa shape index (κ3) is 1.64. The Balaban J connectivity index is 2.40. The molecular formula is C11H12O5. The summed E-state index contributed by atoms with van der Waals surface area (Å²) in [4.78, 5) is 11.4. The van der Waals surface area contributed by atoms with E-state index in [0.29, 0.717) is 5.56 Å². The Hall–Kier alpha value is -1.59. The second kappa shape index (κ2) is 3.77. The summed E-state index contributed by atoms with van der Waals surface area (Å²) in [5.41, 5.74) is 0.709. The third-order valence-electron chi connectivity index (χ3n) is 2.60. The second-order valence-electron chi connectivity index (χ2n) is 3.83. The van der Waals surface area contributed by atoms with Crippen LogP contribution >= 0.6 is 0 Å². The van der Waals surface area contributed by atoms with Crippen LogP contribution in [0.25, 0.3) is 0 Å². The van der Waals surface area contributed by atoms with Crippen molar-refractivity contribution in [2.24, 2.45) is 0 Å². The van der Waals surface area contributed by atoms with Gasteiger partial charge in [-0.25, -0.2) is 4.79 Å². The number of rotatable bonds is 2. The van der Waals surface area contributed by atoms with Gasteiger partial charge >= 0.3 is 5.97 Å². The first-order valence-corrected chi connectivity index (χ1v) is 4.90. The van der Waals surface area contributed by atoms with Crippen LogP contribution in [0.1, 0.15) is 28.9 Å². The largest absolute Gasteiger partial charge is 0.508 e. The summed E-state index contributed by atoms with van der Waals surface area (Å²) in [5.74, 6) is -0.640. The van der Waals surface area contributed by atoms with Gasteiger partial charge in [0.15, 0.2) is 6.10 Å². The smallest absolute Gasteiger partial charge is 0.339 e. The maximum Gasteiger partial charge on any atom is 0.339 e. The molecule has 3 unspecified atom stereocenters. The molecule has 0 aromatic heterocycles. The summed E-state index contributed by atoms with van der Waals surface area (Å²) in [7, 11) is 0. The molecule has 5 nitrogen and oxygen atoms in total. The number of aliphatic hydroxyl groups is 2. The number of hydrogen-bond donors (Lipinski definition) is 3. The number of fused-ring (bicyclic) bond motifs is 1. The fourth-order valence-corrected chi connectivity index (χ4v) is 1.72. The number of phenolic OH excluding ortho intramolecular Hbond substituents is 1.